The first kappa shape index (κ1) is 11.0. The normalized spacial score (nSPS) is 12.0. The summed E-state index contributed by atoms with van der Waals surface area (Å²) in [4.78, 5) is 0. The van der Waals surface area contributed by atoms with Crippen molar-refractivity contribution in [1.29, 1.82) is 0 Å². The molecule has 0 N–H and O–H groups in total. The van der Waals surface area contributed by atoms with Crippen molar-refractivity contribution in [2.45, 2.75) is 26.2 Å². The molecule has 0 aliphatic heterocycles. The van der Waals surface area contributed by atoms with Gasteiger partial charge < -0.3 is 4.43 Å². The van der Waals surface area contributed by atoms with Crippen molar-refractivity contribution < 1.29 is 4.43 Å². The van der Waals surface area contributed by atoms with Gasteiger partial charge in [-0.2, -0.15) is 0 Å². The highest BCUT2D eigenvalue weighted by molar-refractivity contribution is 7.62. The minimum atomic E-state index is -2.79. The summed E-state index contributed by atoms with van der Waals surface area (Å²) in [6.07, 6.45) is 0.485. The first-order valence-electron chi connectivity index (χ1n) is 3.27. The quantitative estimate of drug-likeness (QED) is 0.393. The molecule has 0 heterocycles. The van der Waals surface area contributed by atoms with Gasteiger partial charge in [0.25, 0.3) is 0 Å². The van der Waals surface area contributed by atoms with Gasteiger partial charge in [-0.15, -0.1) is 0 Å². The van der Waals surface area contributed by atoms with E-state index >= 15 is 0 Å². The molecular weight excluding hydrogens is 210 g/mol. The topological polar surface area (TPSA) is 9.23 Å². The fourth-order valence-corrected chi connectivity index (χ4v) is 1.61. The molecule has 0 rings (SSSR count). The predicted octanol–water partition coefficient (Wildman–Crippen LogP) is 3.35. The minimum Gasteiger partial charge on any atom is -0.381 e. The van der Waals surface area contributed by atoms with Gasteiger partial charge in [0.15, 0.2) is 0 Å². The van der Waals surface area contributed by atoms with Gasteiger partial charge in [0.05, 0.1) is 0 Å². The molecular formula is C5H11Cl3OSi. The lowest BCUT2D eigenvalue weighted by molar-refractivity contribution is 0.322. The average molecular weight is 222 g/mol. The van der Waals surface area contributed by atoms with Crippen LogP contribution in [0.15, 0.2) is 0 Å². The van der Waals surface area contributed by atoms with E-state index in [2.05, 4.69) is 6.92 Å². The third-order valence-electron chi connectivity index (χ3n) is 1.01. The zero-order valence-corrected chi connectivity index (χ0v) is 9.14. The van der Waals surface area contributed by atoms with Gasteiger partial charge in [0, 0.05) is 6.61 Å². The van der Waals surface area contributed by atoms with Crippen LogP contribution in [-0.2, 0) is 4.43 Å². The van der Waals surface area contributed by atoms with Crippen LogP contribution in [0.1, 0.15) is 26.2 Å². The maximum atomic E-state index is 5.46. The molecule has 0 aromatic heterocycles. The molecule has 0 amide bonds. The second kappa shape index (κ2) is 5.67. The molecule has 0 fully saturated rings. The van der Waals surface area contributed by atoms with Gasteiger partial charge in [-0.05, 0) is 6.42 Å². The fraction of sp³-hybridized carbons (Fsp3) is 1.00. The van der Waals surface area contributed by atoms with E-state index < -0.39 is 6.25 Å². The lowest BCUT2D eigenvalue weighted by Crippen LogP contribution is -2.16. The van der Waals surface area contributed by atoms with Crippen molar-refractivity contribution >= 4 is 39.5 Å². The van der Waals surface area contributed by atoms with E-state index in [4.69, 9.17) is 37.7 Å². The number of hydrogen-bond acceptors (Lipinski definition) is 1. The van der Waals surface area contributed by atoms with E-state index in [1.54, 1.807) is 0 Å². The average Bonchev–Trinajstić information content (AvgIpc) is 1.78. The van der Waals surface area contributed by atoms with Crippen LogP contribution in [-0.4, -0.2) is 12.9 Å². The third kappa shape index (κ3) is 9.05. The summed E-state index contributed by atoms with van der Waals surface area (Å²) in [7, 11) is 0. The molecule has 10 heavy (non-hydrogen) atoms. The smallest absolute Gasteiger partial charge is 0.381 e. The van der Waals surface area contributed by atoms with Crippen molar-refractivity contribution in [3.05, 3.63) is 0 Å². The molecule has 1 nitrogen and oxygen atoms in total. The Bertz CT molecular complexity index is 83.5. The van der Waals surface area contributed by atoms with Gasteiger partial charge in [-0.3, -0.25) is 0 Å². The molecule has 0 aromatic carbocycles. The lowest BCUT2D eigenvalue weighted by atomic mass is 10.3. The van der Waals surface area contributed by atoms with Gasteiger partial charge in [0.2, 0.25) is 0 Å². The van der Waals surface area contributed by atoms with Crippen molar-refractivity contribution in [2.24, 2.45) is 0 Å². The number of unbranched alkanes of at least 4 members (excludes halogenated alkanes) is 2. The van der Waals surface area contributed by atoms with Crippen LogP contribution in [0.3, 0.4) is 0 Å². The Morgan fingerprint density at radius 1 is 1.20 bits per heavy atom. The monoisotopic (exact) mass is 220 g/mol. The molecule has 0 atom stereocenters. The second-order valence-corrected chi connectivity index (χ2v) is 9.71. The van der Waals surface area contributed by atoms with Crippen LogP contribution in [0.5, 0.6) is 0 Å². The first-order chi connectivity index (χ1) is 4.56. The molecule has 0 aromatic rings. The van der Waals surface area contributed by atoms with E-state index in [0.717, 1.165) is 19.3 Å². The zero-order valence-electron chi connectivity index (χ0n) is 5.87. The number of hydrogen-bond donors (Lipinski definition) is 0. The van der Waals surface area contributed by atoms with Crippen molar-refractivity contribution in [1.82, 2.24) is 0 Å². The molecule has 0 radical (unpaired) electrons. The Balaban J connectivity index is 3.04. The Hall–Kier alpha value is 1.05. The largest absolute Gasteiger partial charge is 0.493 e. The van der Waals surface area contributed by atoms with Crippen LogP contribution in [0.4, 0.5) is 0 Å². The van der Waals surface area contributed by atoms with Gasteiger partial charge in [-0.25, -0.2) is 0 Å². The number of halogens is 3. The van der Waals surface area contributed by atoms with Gasteiger partial charge >= 0.3 is 6.25 Å². The molecule has 0 unspecified atom stereocenters. The summed E-state index contributed by atoms with van der Waals surface area (Å²) in [6.45, 7) is 2.70. The summed E-state index contributed by atoms with van der Waals surface area (Å²) < 4.78 is 4.97. The highest BCUT2D eigenvalue weighted by atomic mass is 35.8. The third-order valence-corrected chi connectivity index (χ3v) is 2.53. The summed E-state index contributed by atoms with van der Waals surface area (Å²) in [6, 6.07) is 0. The lowest BCUT2D eigenvalue weighted by Gasteiger charge is -2.07. The van der Waals surface area contributed by atoms with Crippen molar-refractivity contribution in [3.63, 3.8) is 0 Å². The highest BCUT2D eigenvalue weighted by Crippen LogP contribution is 2.21. The Labute approximate surface area is 76.8 Å². The summed E-state index contributed by atoms with van der Waals surface area (Å²) in [5, 5.41) is 0. The zero-order chi connectivity index (χ0) is 8.04. The Morgan fingerprint density at radius 2 is 1.80 bits per heavy atom. The molecule has 0 saturated carbocycles. The fourth-order valence-electron chi connectivity index (χ4n) is 0.540. The van der Waals surface area contributed by atoms with E-state index in [0.29, 0.717) is 6.61 Å². The highest BCUT2D eigenvalue weighted by Gasteiger charge is 2.26. The summed E-state index contributed by atoms with van der Waals surface area (Å²) >= 11 is 16.4. The second-order valence-electron chi connectivity index (χ2n) is 2.00. The molecule has 0 aliphatic rings. The molecule has 62 valence electrons. The van der Waals surface area contributed by atoms with Crippen LogP contribution < -0.4 is 0 Å². The van der Waals surface area contributed by atoms with Gasteiger partial charge in [0.1, 0.15) is 0 Å². The molecule has 0 spiro atoms. The maximum Gasteiger partial charge on any atom is 0.493 e. The Morgan fingerprint density at radius 3 is 2.20 bits per heavy atom. The van der Waals surface area contributed by atoms with Crippen molar-refractivity contribution in [3.8, 4) is 0 Å². The number of rotatable bonds is 5. The van der Waals surface area contributed by atoms with E-state index in [9.17, 15) is 0 Å². The standard InChI is InChI=1S/C5H11Cl3OSi/c1-2-3-4-5-9-10(6,7)8/h2-5H2,1H3. The SMILES string of the molecule is CCCCCO[Si](Cl)(Cl)Cl. The van der Waals surface area contributed by atoms with Crippen LogP contribution >= 0.6 is 33.2 Å². The van der Waals surface area contributed by atoms with Gasteiger partial charge in [-0.1, -0.05) is 53.0 Å². The summed E-state index contributed by atoms with van der Waals surface area (Å²) in [5.74, 6) is 0. The molecule has 0 saturated heterocycles. The maximum absolute atomic E-state index is 5.46. The van der Waals surface area contributed by atoms with E-state index in [1.807, 2.05) is 0 Å². The molecule has 0 bridgehead atoms. The first-order valence-corrected chi connectivity index (χ1v) is 8.21. The van der Waals surface area contributed by atoms with Crippen LogP contribution in [0.25, 0.3) is 0 Å². The van der Waals surface area contributed by atoms with Crippen molar-refractivity contribution in [2.75, 3.05) is 6.61 Å². The minimum absolute atomic E-state index is 0.580. The van der Waals surface area contributed by atoms with Crippen LogP contribution in [0.2, 0.25) is 0 Å². The predicted molar refractivity (Wildman–Crippen MR) is 48.8 cm³/mol. The summed E-state index contributed by atoms with van der Waals surface area (Å²) in [5.41, 5.74) is 0. The molecule has 0 aliphatic carbocycles. The molecule has 5 heteroatoms. The van der Waals surface area contributed by atoms with E-state index in [-0.39, 0.29) is 0 Å². The van der Waals surface area contributed by atoms with Crippen LogP contribution in [0, 0.1) is 0 Å². The van der Waals surface area contributed by atoms with E-state index in [1.165, 1.54) is 0 Å². The Kier molecular flexibility index (Phi) is 6.26.